The number of carbonyl (C=O) groups excluding carboxylic acids is 2. The van der Waals surface area contributed by atoms with Crippen molar-refractivity contribution in [2.45, 2.75) is 32.4 Å². The number of thiophene rings is 1. The molecule has 3 aromatic rings. The largest absolute Gasteiger partial charge is 0.454 e. The van der Waals surface area contributed by atoms with Gasteiger partial charge in [-0.05, 0) is 46.7 Å². The third kappa shape index (κ3) is 4.09. The Hall–Kier alpha value is -3.32. The molecule has 0 saturated carbocycles. The second kappa shape index (κ2) is 8.90. The molecular weight excluding hydrogens is 436 g/mol. The standard InChI is InChI=1S/C26H26N2O4S/c1-16(2)14-28-24(22-8-5-11-33-22)23(18-6-3-4-7-19(18)26(28)30)25(29)27-13-17-9-10-20-21(12-17)32-15-31-20/h3-12,16,23-24H,13-15H2,1-2H3,(H,27,29)/t23-,24+/m1/s1. The molecule has 0 bridgehead atoms. The van der Waals surface area contributed by atoms with Crippen molar-refractivity contribution in [3.63, 3.8) is 0 Å². The molecule has 0 fully saturated rings. The molecule has 2 atom stereocenters. The van der Waals surface area contributed by atoms with E-state index in [4.69, 9.17) is 9.47 Å². The Balaban J connectivity index is 1.48. The Morgan fingerprint density at radius 1 is 1.12 bits per heavy atom. The first-order chi connectivity index (χ1) is 16.0. The van der Waals surface area contributed by atoms with Crippen LogP contribution in [0.2, 0.25) is 0 Å². The van der Waals surface area contributed by atoms with Crippen LogP contribution in [-0.4, -0.2) is 30.1 Å². The van der Waals surface area contributed by atoms with Crippen LogP contribution in [0.1, 0.15) is 52.2 Å². The zero-order valence-electron chi connectivity index (χ0n) is 18.6. The van der Waals surface area contributed by atoms with Gasteiger partial charge in [-0.2, -0.15) is 0 Å². The average Bonchev–Trinajstić information content (AvgIpc) is 3.50. The fourth-order valence-corrected chi connectivity index (χ4v) is 5.47. The van der Waals surface area contributed by atoms with Gasteiger partial charge < -0.3 is 19.7 Å². The highest BCUT2D eigenvalue weighted by atomic mass is 32.1. The van der Waals surface area contributed by atoms with Crippen LogP contribution in [0, 0.1) is 5.92 Å². The molecule has 3 heterocycles. The van der Waals surface area contributed by atoms with Gasteiger partial charge in [-0.3, -0.25) is 9.59 Å². The molecular formula is C26H26N2O4S. The number of rotatable bonds is 6. The summed E-state index contributed by atoms with van der Waals surface area (Å²) < 4.78 is 10.8. The van der Waals surface area contributed by atoms with E-state index < -0.39 is 5.92 Å². The summed E-state index contributed by atoms with van der Waals surface area (Å²) in [4.78, 5) is 30.1. The average molecular weight is 463 g/mol. The normalized spacial score (nSPS) is 19.0. The Morgan fingerprint density at radius 2 is 1.94 bits per heavy atom. The first-order valence-electron chi connectivity index (χ1n) is 11.1. The fraction of sp³-hybridized carbons (Fsp3) is 0.308. The van der Waals surface area contributed by atoms with Crippen molar-refractivity contribution in [1.82, 2.24) is 10.2 Å². The second-order valence-electron chi connectivity index (χ2n) is 8.78. The van der Waals surface area contributed by atoms with Crippen LogP contribution in [0.15, 0.2) is 60.0 Å². The van der Waals surface area contributed by atoms with E-state index in [0.717, 1.165) is 16.0 Å². The number of benzene rings is 2. The summed E-state index contributed by atoms with van der Waals surface area (Å²) in [5, 5.41) is 5.11. The van der Waals surface area contributed by atoms with Crippen molar-refractivity contribution in [3.8, 4) is 11.5 Å². The Kier molecular flexibility index (Phi) is 5.81. The van der Waals surface area contributed by atoms with Crippen molar-refractivity contribution in [1.29, 1.82) is 0 Å². The minimum Gasteiger partial charge on any atom is -0.454 e. The Morgan fingerprint density at radius 3 is 2.73 bits per heavy atom. The van der Waals surface area contributed by atoms with Gasteiger partial charge in [0.1, 0.15) is 0 Å². The summed E-state index contributed by atoms with van der Waals surface area (Å²) in [6.45, 7) is 5.35. The summed E-state index contributed by atoms with van der Waals surface area (Å²) in [6, 6.07) is 16.8. The lowest BCUT2D eigenvalue weighted by Crippen LogP contribution is -2.48. The van der Waals surface area contributed by atoms with Gasteiger partial charge in [0.15, 0.2) is 11.5 Å². The lowest BCUT2D eigenvalue weighted by molar-refractivity contribution is -0.124. The van der Waals surface area contributed by atoms with Gasteiger partial charge >= 0.3 is 0 Å². The number of hydrogen-bond acceptors (Lipinski definition) is 5. The lowest BCUT2D eigenvalue weighted by Gasteiger charge is -2.42. The molecule has 5 rings (SSSR count). The summed E-state index contributed by atoms with van der Waals surface area (Å²) in [7, 11) is 0. The topological polar surface area (TPSA) is 67.9 Å². The van der Waals surface area contributed by atoms with E-state index in [1.807, 2.05) is 64.9 Å². The highest BCUT2D eigenvalue weighted by Crippen LogP contribution is 2.44. The Labute approximate surface area is 197 Å². The predicted molar refractivity (Wildman–Crippen MR) is 127 cm³/mol. The Bertz CT molecular complexity index is 1170. The molecule has 0 saturated heterocycles. The summed E-state index contributed by atoms with van der Waals surface area (Å²) in [5.74, 6) is 1.07. The van der Waals surface area contributed by atoms with Crippen molar-refractivity contribution in [3.05, 3.63) is 81.5 Å². The third-order valence-electron chi connectivity index (χ3n) is 6.02. The van der Waals surface area contributed by atoms with Gasteiger partial charge in [-0.1, -0.05) is 44.2 Å². The lowest BCUT2D eigenvalue weighted by atomic mass is 9.81. The van der Waals surface area contributed by atoms with Gasteiger partial charge in [-0.15, -0.1) is 11.3 Å². The van der Waals surface area contributed by atoms with E-state index >= 15 is 0 Å². The summed E-state index contributed by atoms with van der Waals surface area (Å²) in [6.07, 6.45) is 0. The van der Waals surface area contributed by atoms with Crippen molar-refractivity contribution in [2.75, 3.05) is 13.3 Å². The van der Waals surface area contributed by atoms with E-state index in [0.29, 0.717) is 30.2 Å². The molecule has 33 heavy (non-hydrogen) atoms. The van der Waals surface area contributed by atoms with Crippen LogP contribution >= 0.6 is 11.3 Å². The maximum Gasteiger partial charge on any atom is 0.254 e. The van der Waals surface area contributed by atoms with Gasteiger partial charge in [-0.25, -0.2) is 0 Å². The zero-order chi connectivity index (χ0) is 22.9. The first-order valence-corrected chi connectivity index (χ1v) is 12.0. The molecule has 2 aliphatic rings. The quantitative estimate of drug-likeness (QED) is 0.575. The molecule has 1 aromatic heterocycles. The van der Waals surface area contributed by atoms with E-state index in [2.05, 4.69) is 19.2 Å². The predicted octanol–water partition coefficient (Wildman–Crippen LogP) is 4.73. The molecule has 6 nitrogen and oxygen atoms in total. The monoisotopic (exact) mass is 462 g/mol. The van der Waals surface area contributed by atoms with Crippen LogP contribution in [0.25, 0.3) is 0 Å². The van der Waals surface area contributed by atoms with Crippen LogP contribution in [-0.2, 0) is 11.3 Å². The molecule has 0 unspecified atom stereocenters. The number of ether oxygens (including phenoxy) is 2. The van der Waals surface area contributed by atoms with E-state index in [1.54, 1.807) is 11.3 Å². The minimum absolute atomic E-state index is 0.0162. The summed E-state index contributed by atoms with van der Waals surface area (Å²) in [5.41, 5.74) is 2.32. The molecule has 7 heteroatoms. The SMILES string of the molecule is CC(C)CN1C(=O)c2ccccc2[C@@H](C(=O)NCc2ccc3c(c2)OCO3)[C@@H]1c1cccs1. The minimum atomic E-state index is -0.495. The number of nitrogens with zero attached hydrogens (tertiary/aromatic N) is 1. The van der Waals surface area contributed by atoms with Gasteiger partial charge in [0, 0.05) is 23.5 Å². The molecule has 170 valence electrons. The van der Waals surface area contributed by atoms with E-state index in [1.165, 1.54) is 0 Å². The van der Waals surface area contributed by atoms with E-state index in [-0.39, 0.29) is 30.6 Å². The fourth-order valence-electron chi connectivity index (χ4n) is 4.60. The highest BCUT2D eigenvalue weighted by Gasteiger charge is 2.44. The van der Waals surface area contributed by atoms with Crippen LogP contribution in [0.4, 0.5) is 0 Å². The molecule has 2 aliphatic heterocycles. The number of fused-ring (bicyclic) bond motifs is 2. The van der Waals surface area contributed by atoms with Crippen molar-refractivity contribution < 1.29 is 19.1 Å². The smallest absolute Gasteiger partial charge is 0.254 e. The van der Waals surface area contributed by atoms with Gasteiger partial charge in [0.05, 0.1) is 12.0 Å². The maximum atomic E-state index is 13.7. The number of carbonyl (C=O) groups is 2. The molecule has 0 spiro atoms. The molecule has 2 amide bonds. The highest BCUT2D eigenvalue weighted by molar-refractivity contribution is 7.10. The zero-order valence-corrected chi connectivity index (χ0v) is 19.4. The van der Waals surface area contributed by atoms with Crippen molar-refractivity contribution >= 4 is 23.2 Å². The maximum absolute atomic E-state index is 13.7. The summed E-state index contributed by atoms with van der Waals surface area (Å²) >= 11 is 1.58. The number of hydrogen-bond donors (Lipinski definition) is 1. The number of nitrogens with one attached hydrogen (secondary N) is 1. The second-order valence-corrected chi connectivity index (χ2v) is 9.76. The third-order valence-corrected chi connectivity index (χ3v) is 6.96. The van der Waals surface area contributed by atoms with Crippen LogP contribution in [0.5, 0.6) is 11.5 Å². The molecule has 1 N–H and O–H groups in total. The van der Waals surface area contributed by atoms with Crippen LogP contribution in [0.3, 0.4) is 0 Å². The molecule has 0 aliphatic carbocycles. The van der Waals surface area contributed by atoms with Gasteiger partial charge in [0.25, 0.3) is 5.91 Å². The van der Waals surface area contributed by atoms with Crippen LogP contribution < -0.4 is 14.8 Å². The van der Waals surface area contributed by atoms with E-state index in [9.17, 15) is 9.59 Å². The number of amides is 2. The van der Waals surface area contributed by atoms with Crippen molar-refractivity contribution in [2.24, 2.45) is 5.92 Å². The van der Waals surface area contributed by atoms with Gasteiger partial charge in [0.2, 0.25) is 12.7 Å². The first kappa shape index (κ1) is 21.5. The molecule has 0 radical (unpaired) electrons. The molecule has 2 aromatic carbocycles.